The van der Waals surface area contributed by atoms with Gasteiger partial charge in [-0.2, -0.15) is 0 Å². The van der Waals surface area contributed by atoms with Crippen molar-refractivity contribution in [1.29, 1.82) is 0 Å². The Morgan fingerprint density at radius 2 is 1.02 bits per heavy atom. The fourth-order valence-corrected chi connectivity index (χ4v) is 9.60. The highest BCUT2D eigenvalue weighted by atomic mass is 32.1. The number of hydrogen-bond acceptors (Lipinski definition) is 7. The van der Waals surface area contributed by atoms with Crippen LogP contribution in [0.3, 0.4) is 0 Å². The summed E-state index contributed by atoms with van der Waals surface area (Å²) < 4.78 is 9.86. The molecule has 0 amide bonds. The van der Waals surface area contributed by atoms with Crippen LogP contribution in [0.5, 0.6) is 0 Å². The molecule has 0 radical (unpaired) electrons. The molecular formula is C46H26N4OS2. The first-order chi connectivity index (χ1) is 26.2. The van der Waals surface area contributed by atoms with E-state index in [0.717, 1.165) is 65.7 Å². The van der Waals surface area contributed by atoms with E-state index in [2.05, 4.69) is 91.0 Å². The molecule has 0 spiro atoms. The second kappa shape index (κ2) is 12.0. The Morgan fingerprint density at radius 3 is 1.91 bits per heavy atom. The number of nitrogens with zero attached hydrogens (tertiary/aromatic N) is 4. The molecule has 11 rings (SSSR count). The summed E-state index contributed by atoms with van der Waals surface area (Å²) >= 11 is 3.54. The molecule has 0 aliphatic carbocycles. The number of thiophene rings is 1. The summed E-state index contributed by atoms with van der Waals surface area (Å²) in [6.07, 6.45) is 0. The van der Waals surface area contributed by atoms with Crippen molar-refractivity contribution in [3.63, 3.8) is 0 Å². The summed E-state index contributed by atoms with van der Waals surface area (Å²) in [7, 11) is 0. The van der Waals surface area contributed by atoms with Crippen molar-refractivity contribution in [2.24, 2.45) is 0 Å². The van der Waals surface area contributed by atoms with E-state index in [1.807, 2.05) is 66.7 Å². The van der Waals surface area contributed by atoms with E-state index in [-0.39, 0.29) is 0 Å². The van der Waals surface area contributed by atoms with Gasteiger partial charge >= 0.3 is 0 Å². The molecule has 0 saturated heterocycles. The van der Waals surface area contributed by atoms with Gasteiger partial charge in [-0.3, -0.25) is 0 Å². The van der Waals surface area contributed by atoms with Crippen molar-refractivity contribution < 1.29 is 4.42 Å². The van der Waals surface area contributed by atoms with Crippen LogP contribution < -0.4 is 0 Å². The van der Waals surface area contributed by atoms with Crippen molar-refractivity contribution >= 4 is 75.0 Å². The Hall–Kier alpha value is -6.54. The van der Waals surface area contributed by atoms with Gasteiger partial charge in [-0.25, -0.2) is 19.9 Å². The first kappa shape index (κ1) is 30.1. The predicted molar refractivity (Wildman–Crippen MR) is 220 cm³/mol. The summed E-state index contributed by atoms with van der Waals surface area (Å²) in [5.74, 6) is 1.86. The quantitative estimate of drug-likeness (QED) is 0.178. The number of para-hydroxylation sites is 2. The fourth-order valence-electron chi connectivity index (χ4n) is 7.37. The number of benzene rings is 7. The largest absolute Gasteiger partial charge is 0.456 e. The number of furan rings is 1. The highest BCUT2D eigenvalue weighted by Crippen LogP contribution is 2.45. The second-order valence-electron chi connectivity index (χ2n) is 13.0. The third-order valence-corrected chi connectivity index (χ3v) is 12.1. The molecule has 0 bridgehead atoms. The lowest BCUT2D eigenvalue weighted by molar-refractivity contribution is 0.669. The molecule has 11 aromatic rings. The Kier molecular flexibility index (Phi) is 6.83. The van der Waals surface area contributed by atoms with Crippen LogP contribution in [0.25, 0.3) is 108 Å². The maximum Gasteiger partial charge on any atom is 0.164 e. The molecule has 0 saturated carbocycles. The summed E-state index contributed by atoms with van der Waals surface area (Å²) in [5, 5.41) is 5.37. The highest BCUT2D eigenvalue weighted by molar-refractivity contribution is 7.26. The number of hydrogen-bond donors (Lipinski definition) is 0. The normalized spacial score (nSPS) is 11.8. The third kappa shape index (κ3) is 4.97. The van der Waals surface area contributed by atoms with E-state index in [1.54, 1.807) is 22.7 Å². The molecule has 53 heavy (non-hydrogen) atoms. The molecule has 0 unspecified atom stereocenters. The number of rotatable bonds is 5. The molecule has 0 atom stereocenters. The van der Waals surface area contributed by atoms with Gasteiger partial charge < -0.3 is 4.42 Å². The van der Waals surface area contributed by atoms with Gasteiger partial charge in [0.25, 0.3) is 0 Å². The Bertz CT molecular complexity index is 3160. The molecule has 0 fully saturated rings. The van der Waals surface area contributed by atoms with Crippen LogP contribution in [0.1, 0.15) is 0 Å². The molecule has 7 aromatic carbocycles. The van der Waals surface area contributed by atoms with Gasteiger partial charge in [0.05, 0.1) is 10.2 Å². The van der Waals surface area contributed by atoms with Crippen LogP contribution in [-0.4, -0.2) is 19.9 Å². The van der Waals surface area contributed by atoms with Crippen molar-refractivity contribution in [2.75, 3.05) is 0 Å². The van der Waals surface area contributed by atoms with Gasteiger partial charge in [0.2, 0.25) is 0 Å². The Labute approximate surface area is 311 Å². The van der Waals surface area contributed by atoms with Crippen molar-refractivity contribution in [1.82, 2.24) is 19.9 Å². The first-order valence-electron chi connectivity index (χ1n) is 17.4. The zero-order valence-electron chi connectivity index (χ0n) is 28.0. The van der Waals surface area contributed by atoms with E-state index in [9.17, 15) is 0 Å². The molecule has 4 heterocycles. The minimum atomic E-state index is 0.606. The summed E-state index contributed by atoms with van der Waals surface area (Å²) in [6, 6.07) is 54.5. The minimum absolute atomic E-state index is 0.606. The molecule has 4 aromatic heterocycles. The van der Waals surface area contributed by atoms with Gasteiger partial charge in [-0.05, 0) is 47.5 Å². The summed E-state index contributed by atoms with van der Waals surface area (Å²) in [6.45, 7) is 0. The lowest BCUT2D eigenvalue weighted by Crippen LogP contribution is -2.00. The second-order valence-corrected chi connectivity index (χ2v) is 15.1. The van der Waals surface area contributed by atoms with Crippen LogP contribution in [0, 0.1) is 0 Å². The predicted octanol–water partition coefficient (Wildman–Crippen LogP) is 13.1. The maximum absolute atomic E-state index is 6.26. The SMILES string of the molecule is c1ccc(-c2nc(-c3cccc4oc5ccccc5c34)nc(-c3cccc4sc5c(-c6cccc(-c7nc8ccccc8s7)c6)cccc5c34)n2)cc1. The molecule has 0 aliphatic rings. The van der Waals surface area contributed by atoms with Crippen molar-refractivity contribution in [3.8, 4) is 55.9 Å². The average Bonchev–Trinajstić information content (AvgIpc) is 3.94. The van der Waals surface area contributed by atoms with Crippen LogP contribution in [0.15, 0.2) is 162 Å². The average molecular weight is 715 g/mol. The zero-order valence-corrected chi connectivity index (χ0v) is 29.7. The van der Waals surface area contributed by atoms with E-state index >= 15 is 0 Å². The molecule has 7 heteroatoms. The molecule has 248 valence electrons. The molecule has 0 aliphatic heterocycles. The summed E-state index contributed by atoms with van der Waals surface area (Å²) in [4.78, 5) is 20.5. The van der Waals surface area contributed by atoms with Gasteiger partial charge in [-0.15, -0.1) is 22.7 Å². The topological polar surface area (TPSA) is 64.7 Å². The lowest BCUT2D eigenvalue weighted by atomic mass is 9.99. The first-order valence-corrected chi connectivity index (χ1v) is 19.0. The summed E-state index contributed by atoms with van der Waals surface area (Å²) in [5.41, 5.74) is 8.95. The molecule has 0 N–H and O–H groups in total. The Balaban J connectivity index is 1.11. The number of aromatic nitrogens is 4. The highest BCUT2D eigenvalue weighted by Gasteiger charge is 2.21. The van der Waals surface area contributed by atoms with E-state index in [0.29, 0.717) is 17.5 Å². The third-order valence-electron chi connectivity index (χ3n) is 9.79. The monoisotopic (exact) mass is 714 g/mol. The van der Waals surface area contributed by atoms with Gasteiger partial charge in [-0.1, -0.05) is 121 Å². The lowest BCUT2D eigenvalue weighted by Gasteiger charge is -2.10. The van der Waals surface area contributed by atoms with Crippen molar-refractivity contribution in [2.45, 2.75) is 0 Å². The van der Waals surface area contributed by atoms with Crippen molar-refractivity contribution in [3.05, 3.63) is 158 Å². The number of fused-ring (bicyclic) bond motifs is 7. The van der Waals surface area contributed by atoms with Crippen LogP contribution >= 0.6 is 22.7 Å². The van der Waals surface area contributed by atoms with Crippen LogP contribution in [-0.2, 0) is 0 Å². The zero-order chi connectivity index (χ0) is 34.9. The van der Waals surface area contributed by atoms with E-state index in [1.165, 1.54) is 25.0 Å². The Morgan fingerprint density at radius 1 is 0.396 bits per heavy atom. The van der Waals surface area contributed by atoms with E-state index < -0.39 is 0 Å². The van der Waals surface area contributed by atoms with Gasteiger partial charge in [0, 0.05) is 53.2 Å². The van der Waals surface area contributed by atoms with E-state index in [4.69, 9.17) is 24.4 Å². The fraction of sp³-hybridized carbons (Fsp3) is 0. The van der Waals surface area contributed by atoms with Crippen LogP contribution in [0.4, 0.5) is 0 Å². The standard InChI is InChI=1S/C46H26N4OS2/c1-2-12-27(13-3-1)43-48-44(33-19-10-23-37-40(33)31-16-4-6-22-36(31)51-37)50-45(49-43)34-20-11-25-39-41(34)32-18-9-17-30(42(32)52-39)28-14-8-15-29(26-28)46-47-35-21-5-7-24-38(35)53-46/h1-26H. The molecular weight excluding hydrogens is 689 g/mol. The van der Waals surface area contributed by atoms with Gasteiger partial charge in [0.15, 0.2) is 17.5 Å². The maximum atomic E-state index is 6.26. The number of thiazole rings is 1. The smallest absolute Gasteiger partial charge is 0.164 e. The molecule has 5 nitrogen and oxygen atoms in total. The minimum Gasteiger partial charge on any atom is -0.456 e. The van der Waals surface area contributed by atoms with Crippen LogP contribution in [0.2, 0.25) is 0 Å². The van der Waals surface area contributed by atoms with Gasteiger partial charge in [0.1, 0.15) is 16.2 Å².